The van der Waals surface area contributed by atoms with E-state index in [9.17, 15) is 5.11 Å². The van der Waals surface area contributed by atoms with Crippen LogP contribution in [-0.4, -0.2) is 11.2 Å². The SMILES string of the molecule is CC(C)(C)C(O)C(C)(C)Cc1ccccc1. The van der Waals surface area contributed by atoms with Crippen molar-refractivity contribution in [2.75, 3.05) is 0 Å². The summed E-state index contributed by atoms with van der Waals surface area (Å²) < 4.78 is 0. The summed E-state index contributed by atoms with van der Waals surface area (Å²) in [7, 11) is 0. The van der Waals surface area contributed by atoms with E-state index in [4.69, 9.17) is 0 Å². The van der Waals surface area contributed by atoms with Crippen molar-refractivity contribution < 1.29 is 5.11 Å². The van der Waals surface area contributed by atoms with Crippen LogP contribution in [-0.2, 0) is 6.42 Å². The third kappa shape index (κ3) is 3.34. The number of rotatable bonds is 3. The largest absolute Gasteiger partial charge is 0.392 e. The number of aliphatic hydroxyl groups excluding tert-OH is 1. The summed E-state index contributed by atoms with van der Waals surface area (Å²) >= 11 is 0. The van der Waals surface area contributed by atoms with Crippen LogP contribution in [0.4, 0.5) is 0 Å². The zero-order valence-corrected chi connectivity index (χ0v) is 11.1. The molecule has 0 spiro atoms. The number of benzene rings is 1. The molecule has 0 radical (unpaired) electrons. The van der Waals surface area contributed by atoms with Gasteiger partial charge in [-0.25, -0.2) is 0 Å². The normalized spacial score (nSPS) is 14.9. The lowest BCUT2D eigenvalue weighted by Gasteiger charge is -2.39. The van der Waals surface area contributed by atoms with Gasteiger partial charge in [-0.1, -0.05) is 65.0 Å². The van der Waals surface area contributed by atoms with Gasteiger partial charge in [-0.15, -0.1) is 0 Å². The molecule has 16 heavy (non-hydrogen) atoms. The summed E-state index contributed by atoms with van der Waals surface area (Å²) in [6, 6.07) is 10.4. The van der Waals surface area contributed by atoms with Crippen LogP contribution in [0.25, 0.3) is 0 Å². The van der Waals surface area contributed by atoms with Crippen LogP contribution in [0.2, 0.25) is 0 Å². The van der Waals surface area contributed by atoms with Crippen LogP contribution < -0.4 is 0 Å². The predicted molar refractivity (Wildman–Crippen MR) is 69.4 cm³/mol. The molecule has 0 aromatic heterocycles. The van der Waals surface area contributed by atoms with Gasteiger partial charge in [-0.3, -0.25) is 0 Å². The zero-order chi connectivity index (χ0) is 12.4. The average Bonchev–Trinajstić information content (AvgIpc) is 2.16. The van der Waals surface area contributed by atoms with Gasteiger partial charge in [0.05, 0.1) is 6.10 Å². The van der Waals surface area contributed by atoms with E-state index in [0.717, 1.165) is 6.42 Å². The van der Waals surface area contributed by atoms with E-state index >= 15 is 0 Å². The minimum absolute atomic E-state index is 0.0712. The van der Waals surface area contributed by atoms with Crippen LogP contribution in [0.5, 0.6) is 0 Å². The topological polar surface area (TPSA) is 20.2 Å². The van der Waals surface area contributed by atoms with Crippen molar-refractivity contribution in [3.05, 3.63) is 35.9 Å². The van der Waals surface area contributed by atoms with Crippen molar-refractivity contribution in [2.24, 2.45) is 10.8 Å². The molecule has 0 heterocycles. The molecule has 0 aliphatic rings. The highest BCUT2D eigenvalue weighted by atomic mass is 16.3. The van der Waals surface area contributed by atoms with E-state index in [2.05, 4.69) is 58.9 Å². The maximum atomic E-state index is 10.4. The Balaban J connectivity index is 2.80. The molecule has 0 saturated heterocycles. The Labute approximate surface area is 99.5 Å². The van der Waals surface area contributed by atoms with E-state index in [1.54, 1.807) is 0 Å². The molecule has 0 bridgehead atoms. The Morgan fingerprint density at radius 3 is 1.94 bits per heavy atom. The van der Waals surface area contributed by atoms with Crippen molar-refractivity contribution in [3.8, 4) is 0 Å². The molecule has 1 heteroatoms. The summed E-state index contributed by atoms with van der Waals surface area (Å²) in [6.07, 6.45) is 0.604. The number of hydrogen-bond donors (Lipinski definition) is 1. The molecule has 1 atom stereocenters. The Bertz CT molecular complexity index is 319. The van der Waals surface area contributed by atoms with Gasteiger partial charge < -0.3 is 5.11 Å². The second kappa shape index (κ2) is 4.58. The first-order valence-electron chi connectivity index (χ1n) is 5.95. The minimum Gasteiger partial charge on any atom is -0.392 e. The van der Waals surface area contributed by atoms with E-state index in [1.807, 2.05) is 6.07 Å². The summed E-state index contributed by atoms with van der Waals surface area (Å²) in [5, 5.41) is 10.4. The maximum absolute atomic E-state index is 10.4. The summed E-state index contributed by atoms with van der Waals surface area (Å²) in [5.74, 6) is 0. The van der Waals surface area contributed by atoms with Crippen LogP contribution in [0, 0.1) is 10.8 Å². The molecular weight excluding hydrogens is 196 g/mol. The minimum atomic E-state index is -0.305. The Kier molecular flexibility index (Phi) is 3.80. The summed E-state index contributed by atoms with van der Waals surface area (Å²) in [5.41, 5.74) is 1.12. The summed E-state index contributed by atoms with van der Waals surface area (Å²) in [4.78, 5) is 0. The first-order valence-corrected chi connectivity index (χ1v) is 5.95. The fourth-order valence-corrected chi connectivity index (χ4v) is 2.39. The van der Waals surface area contributed by atoms with E-state index in [-0.39, 0.29) is 16.9 Å². The van der Waals surface area contributed by atoms with Gasteiger partial charge in [0, 0.05) is 0 Å². The molecule has 1 unspecified atom stereocenters. The second-order valence-corrected chi connectivity index (χ2v) is 6.42. The van der Waals surface area contributed by atoms with Gasteiger partial charge in [0.15, 0.2) is 0 Å². The quantitative estimate of drug-likeness (QED) is 0.824. The smallest absolute Gasteiger partial charge is 0.0642 e. The van der Waals surface area contributed by atoms with E-state index < -0.39 is 0 Å². The molecule has 0 amide bonds. The van der Waals surface area contributed by atoms with Crippen LogP contribution in [0.3, 0.4) is 0 Å². The van der Waals surface area contributed by atoms with Crippen molar-refractivity contribution >= 4 is 0 Å². The molecule has 1 nitrogen and oxygen atoms in total. The Hall–Kier alpha value is -0.820. The summed E-state index contributed by atoms with van der Waals surface area (Å²) in [6.45, 7) is 10.5. The Morgan fingerprint density at radius 2 is 1.50 bits per heavy atom. The lowest BCUT2D eigenvalue weighted by atomic mass is 9.70. The van der Waals surface area contributed by atoms with Gasteiger partial charge >= 0.3 is 0 Å². The van der Waals surface area contributed by atoms with Gasteiger partial charge in [0.2, 0.25) is 0 Å². The molecular formula is C15H24O. The number of aliphatic hydroxyl groups is 1. The van der Waals surface area contributed by atoms with Gasteiger partial charge in [-0.05, 0) is 22.8 Å². The molecule has 0 aliphatic heterocycles. The lowest BCUT2D eigenvalue weighted by Crippen LogP contribution is -2.41. The van der Waals surface area contributed by atoms with Gasteiger partial charge in [-0.2, -0.15) is 0 Å². The standard InChI is InChI=1S/C15H24O/c1-14(2,3)13(16)15(4,5)11-12-9-7-6-8-10-12/h6-10,13,16H,11H2,1-5H3. The van der Waals surface area contributed by atoms with Crippen molar-refractivity contribution in [1.82, 2.24) is 0 Å². The highest BCUT2D eigenvalue weighted by molar-refractivity contribution is 5.16. The molecule has 90 valence electrons. The zero-order valence-electron chi connectivity index (χ0n) is 11.1. The first-order chi connectivity index (χ1) is 7.23. The van der Waals surface area contributed by atoms with Crippen LogP contribution >= 0.6 is 0 Å². The first kappa shape index (κ1) is 13.2. The van der Waals surface area contributed by atoms with Crippen molar-refractivity contribution in [2.45, 2.75) is 47.1 Å². The molecule has 1 N–H and O–H groups in total. The lowest BCUT2D eigenvalue weighted by molar-refractivity contribution is -0.0320. The molecule has 1 rings (SSSR count). The molecule has 1 aromatic carbocycles. The fraction of sp³-hybridized carbons (Fsp3) is 0.600. The Morgan fingerprint density at radius 1 is 1.00 bits per heavy atom. The van der Waals surface area contributed by atoms with Crippen molar-refractivity contribution in [3.63, 3.8) is 0 Å². The third-order valence-corrected chi connectivity index (χ3v) is 3.06. The molecule has 0 saturated carbocycles. The molecule has 0 aliphatic carbocycles. The fourth-order valence-electron chi connectivity index (χ4n) is 2.39. The molecule has 0 fully saturated rings. The van der Waals surface area contributed by atoms with Crippen molar-refractivity contribution in [1.29, 1.82) is 0 Å². The number of hydrogen-bond acceptors (Lipinski definition) is 1. The average molecular weight is 220 g/mol. The second-order valence-electron chi connectivity index (χ2n) is 6.42. The van der Waals surface area contributed by atoms with E-state index in [1.165, 1.54) is 5.56 Å². The highest BCUT2D eigenvalue weighted by Crippen LogP contribution is 2.36. The highest BCUT2D eigenvalue weighted by Gasteiger charge is 2.36. The predicted octanol–water partition coefficient (Wildman–Crippen LogP) is 3.66. The van der Waals surface area contributed by atoms with Gasteiger partial charge in [0.25, 0.3) is 0 Å². The monoisotopic (exact) mass is 220 g/mol. The van der Waals surface area contributed by atoms with Gasteiger partial charge in [0.1, 0.15) is 0 Å². The van der Waals surface area contributed by atoms with E-state index in [0.29, 0.717) is 0 Å². The maximum Gasteiger partial charge on any atom is 0.0642 e. The van der Waals surface area contributed by atoms with Crippen LogP contribution in [0.15, 0.2) is 30.3 Å². The molecule has 1 aromatic rings. The third-order valence-electron chi connectivity index (χ3n) is 3.06. The van der Waals surface area contributed by atoms with Crippen LogP contribution in [0.1, 0.15) is 40.2 Å².